The zero-order valence-electron chi connectivity index (χ0n) is 13.8. The lowest BCUT2D eigenvalue weighted by molar-refractivity contribution is -0.139. The van der Waals surface area contributed by atoms with E-state index >= 15 is 0 Å². The third kappa shape index (κ3) is 5.53. The van der Waals surface area contributed by atoms with Gasteiger partial charge in [0.2, 0.25) is 17.7 Å². The van der Waals surface area contributed by atoms with Gasteiger partial charge in [-0.25, -0.2) is 0 Å². The molecule has 2 rings (SSSR count). The molecule has 0 spiro atoms. The fraction of sp³-hybridized carbons (Fsp3) is 0.471. The highest BCUT2D eigenvalue weighted by Gasteiger charge is 2.22. The molecule has 0 aromatic heterocycles. The first kappa shape index (κ1) is 18.3. The summed E-state index contributed by atoms with van der Waals surface area (Å²) in [6, 6.07) is 7.28. The van der Waals surface area contributed by atoms with Gasteiger partial charge in [0.1, 0.15) is 0 Å². The minimum absolute atomic E-state index is 0.0301. The van der Waals surface area contributed by atoms with Crippen molar-refractivity contribution in [3.05, 3.63) is 34.9 Å². The van der Waals surface area contributed by atoms with Crippen LogP contribution in [0.3, 0.4) is 0 Å². The molecule has 1 saturated heterocycles. The number of benzene rings is 1. The Labute approximate surface area is 146 Å². The van der Waals surface area contributed by atoms with E-state index in [0.717, 1.165) is 5.56 Å². The molecule has 6 nitrogen and oxygen atoms in total. The second-order valence-electron chi connectivity index (χ2n) is 5.79. The monoisotopic (exact) mass is 351 g/mol. The molecule has 1 aliphatic heterocycles. The summed E-state index contributed by atoms with van der Waals surface area (Å²) in [5, 5.41) is 3.41. The molecule has 1 aliphatic rings. The van der Waals surface area contributed by atoms with Crippen LogP contribution in [0.1, 0.15) is 25.3 Å². The molecule has 1 aromatic carbocycles. The summed E-state index contributed by atoms with van der Waals surface area (Å²) in [5.74, 6) is -0.177. The Morgan fingerprint density at radius 1 is 1.08 bits per heavy atom. The normalized spacial score (nSPS) is 14.4. The zero-order chi connectivity index (χ0) is 17.5. The number of piperazine rings is 1. The summed E-state index contributed by atoms with van der Waals surface area (Å²) >= 11 is 5.89. The van der Waals surface area contributed by atoms with Crippen LogP contribution in [0.25, 0.3) is 0 Å². The molecule has 7 heteroatoms. The maximum atomic E-state index is 12.1. The van der Waals surface area contributed by atoms with Gasteiger partial charge in [-0.3, -0.25) is 14.4 Å². The highest BCUT2D eigenvalue weighted by molar-refractivity contribution is 6.30. The standard InChI is InChI=1S/C17H22ClN3O3/c1-13(22)20-7-9-21(10-8-20)17(24)6-5-16(23)19-12-14-3-2-4-15(18)11-14/h2-4,11H,5-10,12H2,1H3,(H,19,23). The van der Waals surface area contributed by atoms with E-state index in [1.165, 1.54) is 6.92 Å². The quantitative estimate of drug-likeness (QED) is 0.872. The van der Waals surface area contributed by atoms with E-state index in [-0.39, 0.29) is 30.6 Å². The van der Waals surface area contributed by atoms with Crippen molar-refractivity contribution in [3.63, 3.8) is 0 Å². The predicted octanol–water partition coefficient (Wildman–Crippen LogP) is 1.43. The Balaban J connectivity index is 1.68. The largest absolute Gasteiger partial charge is 0.352 e. The van der Waals surface area contributed by atoms with Crippen LogP contribution >= 0.6 is 11.6 Å². The lowest BCUT2D eigenvalue weighted by Gasteiger charge is -2.34. The Bertz CT molecular complexity index is 613. The molecule has 130 valence electrons. The second kappa shape index (κ2) is 8.68. The van der Waals surface area contributed by atoms with E-state index in [2.05, 4.69) is 5.32 Å². The summed E-state index contributed by atoms with van der Waals surface area (Å²) in [4.78, 5) is 38.7. The van der Waals surface area contributed by atoms with Crippen LogP contribution in [-0.4, -0.2) is 53.7 Å². The van der Waals surface area contributed by atoms with Crippen molar-refractivity contribution in [1.82, 2.24) is 15.1 Å². The van der Waals surface area contributed by atoms with Gasteiger partial charge in [-0.1, -0.05) is 23.7 Å². The molecule has 1 fully saturated rings. The fourth-order valence-corrected chi connectivity index (χ4v) is 2.80. The number of hydrogen-bond acceptors (Lipinski definition) is 3. The lowest BCUT2D eigenvalue weighted by atomic mass is 10.2. The molecule has 3 amide bonds. The maximum Gasteiger partial charge on any atom is 0.223 e. The van der Waals surface area contributed by atoms with Crippen molar-refractivity contribution in [2.45, 2.75) is 26.3 Å². The average molecular weight is 352 g/mol. The first-order valence-corrected chi connectivity index (χ1v) is 8.38. The van der Waals surface area contributed by atoms with Gasteiger partial charge in [-0.05, 0) is 17.7 Å². The first-order chi connectivity index (χ1) is 11.5. The number of carbonyl (C=O) groups excluding carboxylic acids is 3. The summed E-state index contributed by atoms with van der Waals surface area (Å²) < 4.78 is 0. The third-order valence-electron chi connectivity index (χ3n) is 4.02. The molecule has 1 aromatic rings. The molecule has 1 N–H and O–H groups in total. The Hall–Kier alpha value is -2.08. The van der Waals surface area contributed by atoms with Crippen LogP contribution in [0.15, 0.2) is 24.3 Å². The summed E-state index contributed by atoms with van der Waals surface area (Å²) in [6.45, 7) is 4.10. The van der Waals surface area contributed by atoms with Crippen molar-refractivity contribution >= 4 is 29.3 Å². The van der Waals surface area contributed by atoms with Gasteiger partial charge < -0.3 is 15.1 Å². The van der Waals surface area contributed by atoms with Crippen LogP contribution in [0.4, 0.5) is 0 Å². The van der Waals surface area contributed by atoms with Gasteiger partial charge in [-0.2, -0.15) is 0 Å². The highest BCUT2D eigenvalue weighted by atomic mass is 35.5. The van der Waals surface area contributed by atoms with Gasteiger partial charge in [0.15, 0.2) is 0 Å². The van der Waals surface area contributed by atoms with E-state index in [1.54, 1.807) is 21.9 Å². The van der Waals surface area contributed by atoms with Gasteiger partial charge in [0.05, 0.1) is 0 Å². The van der Waals surface area contributed by atoms with Crippen molar-refractivity contribution in [1.29, 1.82) is 0 Å². The van der Waals surface area contributed by atoms with Crippen LogP contribution < -0.4 is 5.32 Å². The molecule has 0 radical (unpaired) electrons. The Kier molecular flexibility index (Phi) is 6.61. The average Bonchev–Trinajstić information content (AvgIpc) is 2.58. The third-order valence-corrected chi connectivity index (χ3v) is 4.26. The topological polar surface area (TPSA) is 69.7 Å². The Morgan fingerprint density at radius 2 is 1.75 bits per heavy atom. The van der Waals surface area contributed by atoms with Gasteiger partial charge in [0.25, 0.3) is 0 Å². The Morgan fingerprint density at radius 3 is 2.38 bits per heavy atom. The number of nitrogens with zero attached hydrogens (tertiary/aromatic N) is 2. The van der Waals surface area contributed by atoms with Crippen LogP contribution in [0.2, 0.25) is 5.02 Å². The second-order valence-corrected chi connectivity index (χ2v) is 6.23. The SMILES string of the molecule is CC(=O)N1CCN(C(=O)CCC(=O)NCc2cccc(Cl)c2)CC1. The predicted molar refractivity (Wildman–Crippen MR) is 91.4 cm³/mol. The van der Waals surface area contributed by atoms with E-state index in [9.17, 15) is 14.4 Å². The molecular formula is C17H22ClN3O3. The number of nitrogens with one attached hydrogen (secondary N) is 1. The number of carbonyl (C=O) groups is 3. The van der Waals surface area contributed by atoms with Crippen molar-refractivity contribution in [2.75, 3.05) is 26.2 Å². The summed E-state index contributed by atoms with van der Waals surface area (Å²) in [7, 11) is 0. The van der Waals surface area contributed by atoms with Crippen molar-refractivity contribution in [2.24, 2.45) is 0 Å². The van der Waals surface area contributed by atoms with E-state index in [1.807, 2.05) is 12.1 Å². The first-order valence-electron chi connectivity index (χ1n) is 8.00. The van der Waals surface area contributed by atoms with Crippen molar-refractivity contribution < 1.29 is 14.4 Å². The number of amides is 3. The van der Waals surface area contributed by atoms with Gasteiger partial charge in [0, 0.05) is 57.5 Å². The zero-order valence-corrected chi connectivity index (χ0v) is 14.5. The summed E-state index contributed by atoms with van der Waals surface area (Å²) in [6.07, 6.45) is 0.341. The smallest absolute Gasteiger partial charge is 0.223 e. The number of halogens is 1. The molecular weight excluding hydrogens is 330 g/mol. The highest BCUT2D eigenvalue weighted by Crippen LogP contribution is 2.10. The van der Waals surface area contributed by atoms with Crippen molar-refractivity contribution in [3.8, 4) is 0 Å². The molecule has 0 bridgehead atoms. The van der Waals surface area contributed by atoms with Crippen LogP contribution in [0, 0.1) is 0 Å². The molecule has 0 atom stereocenters. The fourth-order valence-electron chi connectivity index (χ4n) is 2.59. The molecule has 0 saturated carbocycles. The minimum atomic E-state index is -0.161. The number of rotatable bonds is 5. The molecule has 0 aliphatic carbocycles. The molecule has 1 heterocycles. The van der Waals surface area contributed by atoms with Crippen LogP contribution in [-0.2, 0) is 20.9 Å². The van der Waals surface area contributed by atoms with Crippen LogP contribution in [0.5, 0.6) is 0 Å². The summed E-state index contributed by atoms with van der Waals surface area (Å²) in [5.41, 5.74) is 0.919. The van der Waals surface area contributed by atoms with E-state index in [4.69, 9.17) is 11.6 Å². The molecule has 24 heavy (non-hydrogen) atoms. The molecule has 0 unspecified atom stereocenters. The number of hydrogen-bond donors (Lipinski definition) is 1. The van der Waals surface area contributed by atoms with Gasteiger partial charge in [-0.15, -0.1) is 0 Å². The minimum Gasteiger partial charge on any atom is -0.352 e. The van der Waals surface area contributed by atoms with E-state index < -0.39 is 0 Å². The lowest BCUT2D eigenvalue weighted by Crippen LogP contribution is -2.50. The van der Waals surface area contributed by atoms with E-state index in [0.29, 0.717) is 37.7 Å². The van der Waals surface area contributed by atoms with Gasteiger partial charge >= 0.3 is 0 Å². The maximum absolute atomic E-state index is 12.1.